The Morgan fingerprint density at radius 2 is 2.00 bits per heavy atom. The van der Waals surface area contributed by atoms with E-state index in [1.165, 1.54) is 11.8 Å². The number of aryl methyl sites for hydroxylation is 1. The molecule has 0 spiro atoms. The molecule has 1 aliphatic rings. The van der Waals surface area contributed by atoms with E-state index in [0.717, 1.165) is 50.4 Å². The van der Waals surface area contributed by atoms with Crippen LogP contribution in [0.25, 0.3) is 0 Å². The Bertz CT molecular complexity index is 764. The van der Waals surface area contributed by atoms with Crippen molar-refractivity contribution >= 4 is 23.0 Å². The summed E-state index contributed by atoms with van der Waals surface area (Å²) in [5.41, 5.74) is 2.77. The quantitative estimate of drug-likeness (QED) is 0.853. The Balaban J connectivity index is 1.70. The van der Waals surface area contributed by atoms with Gasteiger partial charge in [-0.2, -0.15) is 0 Å². The molecule has 2 aromatic heterocycles. The van der Waals surface area contributed by atoms with E-state index in [1.807, 2.05) is 18.7 Å². The highest BCUT2D eigenvalue weighted by atomic mass is 32.1. The molecule has 0 atom stereocenters. The number of H-pyrrole nitrogens is 1. The Hall–Kier alpha value is -1.92. The zero-order valence-electron chi connectivity index (χ0n) is 15.1. The maximum absolute atomic E-state index is 13.0. The number of Topliss-reactive ketones (excluding diaryl/α,β-unsaturated/α-hetero) is 1. The summed E-state index contributed by atoms with van der Waals surface area (Å²) in [5, 5.41) is 2.10. The van der Waals surface area contributed by atoms with Gasteiger partial charge in [0.1, 0.15) is 0 Å². The van der Waals surface area contributed by atoms with E-state index in [9.17, 15) is 9.59 Å². The summed E-state index contributed by atoms with van der Waals surface area (Å²) in [6.07, 6.45) is 0.971. The van der Waals surface area contributed by atoms with Crippen LogP contribution < -0.4 is 0 Å². The molecule has 3 heterocycles. The lowest BCUT2D eigenvalue weighted by Gasteiger charge is -2.22. The van der Waals surface area contributed by atoms with Gasteiger partial charge in [-0.3, -0.25) is 14.5 Å². The predicted molar refractivity (Wildman–Crippen MR) is 100 cm³/mol. The number of nitrogens with zero attached hydrogens (tertiary/aromatic N) is 2. The van der Waals surface area contributed by atoms with Gasteiger partial charge in [-0.05, 0) is 37.3 Å². The maximum Gasteiger partial charge on any atom is 0.256 e. The second kappa shape index (κ2) is 7.54. The van der Waals surface area contributed by atoms with E-state index in [2.05, 4.69) is 27.4 Å². The number of carbonyl (C=O) groups excluding carboxylic acids is 2. The van der Waals surface area contributed by atoms with Crippen LogP contribution in [0, 0.1) is 13.8 Å². The van der Waals surface area contributed by atoms with Gasteiger partial charge in [0, 0.05) is 50.2 Å². The highest BCUT2D eigenvalue weighted by Gasteiger charge is 2.26. The van der Waals surface area contributed by atoms with Gasteiger partial charge in [0.15, 0.2) is 5.78 Å². The lowest BCUT2D eigenvalue weighted by atomic mass is 10.1. The summed E-state index contributed by atoms with van der Waals surface area (Å²) in [7, 11) is 0. The minimum Gasteiger partial charge on any atom is -0.355 e. The fourth-order valence-electron chi connectivity index (χ4n) is 3.54. The molecule has 2 aromatic rings. The predicted octanol–water partition coefficient (Wildman–Crippen LogP) is 3.24. The van der Waals surface area contributed by atoms with Gasteiger partial charge >= 0.3 is 0 Å². The summed E-state index contributed by atoms with van der Waals surface area (Å²) in [5.74, 6) is 0.00867. The molecular formula is C19H25N3O2S. The summed E-state index contributed by atoms with van der Waals surface area (Å²) < 4.78 is 0. The van der Waals surface area contributed by atoms with Crippen LogP contribution in [0.5, 0.6) is 0 Å². The lowest BCUT2D eigenvalue weighted by Crippen LogP contribution is -2.35. The Kier molecular flexibility index (Phi) is 5.39. The van der Waals surface area contributed by atoms with Crippen molar-refractivity contribution in [2.45, 2.75) is 33.7 Å². The maximum atomic E-state index is 13.0. The molecule has 0 radical (unpaired) electrons. The zero-order chi connectivity index (χ0) is 18.0. The molecule has 1 saturated heterocycles. The van der Waals surface area contributed by atoms with Crippen LogP contribution in [-0.4, -0.2) is 52.7 Å². The zero-order valence-corrected chi connectivity index (χ0v) is 15.9. The normalized spacial score (nSPS) is 16.0. The van der Waals surface area contributed by atoms with Gasteiger partial charge in [-0.1, -0.05) is 6.07 Å². The number of rotatable bonds is 4. The molecular weight excluding hydrogens is 334 g/mol. The number of hydrogen-bond acceptors (Lipinski definition) is 4. The van der Waals surface area contributed by atoms with Crippen LogP contribution in [0.2, 0.25) is 0 Å². The third-order valence-corrected chi connectivity index (χ3v) is 5.70. The van der Waals surface area contributed by atoms with Crippen molar-refractivity contribution in [3.8, 4) is 0 Å². The number of ketones is 1. The number of amides is 1. The van der Waals surface area contributed by atoms with E-state index in [0.29, 0.717) is 11.3 Å². The number of aromatic amines is 1. The molecule has 1 N–H and O–H groups in total. The van der Waals surface area contributed by atoms with Crippen molar-refractivity contribution in [3.63, 3.8) is 0 Å². The fourth-order valence-corrected chi connectivity index (χ4v) is 4.28. The standard InChI is InChI=1S/C19H25N3O2S/c1-13-17(14(2)20-18(13)15(3)23)19(24)22-8-5-7-21(9-10-22)12-16-6-4-11-25-16/h4,6,11,20H,5,7-10,12H2,1-3H3. The monoisotopic (exact) mass is 359 g/mol. The van der Waals surface area contributed by atoms with Gasteiger partial charge in [0.25, 0.3) is 5.91 Å². The lowest BCUT2D eigenvalue weighted by molar-refractivity contribution is 0.0760. The van der Waals surface area contributed by atoms with Crippen molar-refractivity contribution in [3.05, 3.63) is 44.9 Å². The van der Waals surface area contributed by atoms with Crippen LogP contribution in [0.1, 0.15) is 50.3 Å². The van der Waals surface area contributed by atoms with Gasteiger partial charge in [-0.15, -0.1) is 11.3 Å². The van der Waals surface area contributed by atoms with Crippen LogP contribution in [-0.2, 0) is 6.54 Å². The first-order valence-corrected chi connectivity index (χ1v) is 9.59. The van der Waals surface area contributed by atoms with Crippen LogP contribution in [0.4, 0.5) is 0 Å². The highest BCUT2D eigenvalue weighted by molar-refractivity contribution is 7.09. The molecule has 1 amide bonds. The molecule has 1 fully saturated rings. The first kappa shape index (κ1) is 17.9. The first-order chi connectivity index (χ1) is 12.0. The molecule has 0 bridgehead atoms. The third-order valence-electron chi connectivity index (χ3n) is 4.84. The van der Waals surface area contributed by atoms with Gasteiger partial charge in [-0.25, -0.2) is 0 Å². The van der Waals surface area contributed by atoms with Crippen molar-refractivity contribution in [1.29, 1.82) is 0 Å². The smallest absolute Gasteiger partial charge is 0.256 e. The fraction of sp³-hybridized carbons (Fsp3) is 0.474. The van der Waals surface area contributed by atoms with E-state index in [4.69, 9.17) is 0 Å². The van der Waals surface area contributed by atoms with E-state index < -0.39 is 0 Å². The molecule has 3 rings (SSSR count). The minimum absolute atomic E-state index is 0.0300. The minimum atomic E-state index is -0.0300. The Morgan fingerprint density at radius 1 is 1.20 bits per heavy atom. The third kappa shape index (κ3) is 3.85. The second-order valence-electron chi connectivity index (χ2n) is 6.68. The second-order valence-corrected chi connectivity index (χ2v) is 7.71. The van der Waals surface area contributed by atoms with E-state index >= 15 is 0 Å². The molecule has 1 aliphatic heterocycles. The van der Waals surface area contributed by atoms with Crippen molar-refractivity contribution in [1.82, 2.24) is 14.8 Å². The molecule has 0 unspecified atom stereocenters. The van der Waals surface area contributed by atoms with Crippen molar-refractivity contribution in [2.75, 3.05) is 26.2 Å². The highest BCUT2D eigenvalue weighted by Crippen LogP contribution is 2.21. The van der Waals surface area contributed by atoms with Crippen LogP contribution in [0.15, 0.2) is 17.5 Å². The van der Waals surface area contributed by atoms with E-state index in [1.54, 1.807) is 11.3 Å². The van der Waals surface area contributed by atoms with Crippen LogP contribution in [0.3, 0.4) is 0 Å². The molecule has 5 nitrogen and oxygen atoms in total. The van der Waals surface area contributed by atoms with Gasteiger partial charge in [0.2, 0.25) is 0 Å². The van der Waals surface area contributed by atoms with E-state index in [-0.39, 0.29) is 11.7 Å². The molecule has 25 heavy (non-hydrogen) atoms. The molecule has 0 aromatic carbocycles. The first-order valence-electron chi connectivity index (χ1n) is 8.71. The Labute approximate surface area is 152 Å². The average Bonchev–Trinajstić information content (AvgIpc) is 3.09. The molecule has 6 heteroatoms. The SMILES string of the molecule is CC(=O)c1[nH]c(C)c(C(=O)N2CCCN(Cc3cccs3)CC2)c1C. The molecule has 0 aliphatic carbocycles. The number of carbonyl (C=O) groups is 2. The van der Waals surface area contributed by atoms with Crippen molar-refractivity contribution in [2.24, 2.45) is 0 Å². The topological polar surface area (TPSA) is 56.4 Å². The number of nitrogens with one attached hydrogen (secondary N) is 1. The number of thiophene rings is 1. The summed E-state index contributed by atoms with van der Waals surface area (Å²) >= 11 is 1.78. The summed E-state index contributed by atoms with van der Waals surface area (Å²) in [6, 6.07) is 4.24. The molecule has 134 valence electrons. The average molecular weight is 359 g/mol. The number of aromatic nitrogens is 1. The van der Waals surface area contributed by atoms with Gasteiger partial charge < -0.3 is 9.88 Å². The summed E-state index contributed by atoms with van der Waals surface area (Å²) in [4.78, 5) is 33.5. The largest absolute Gasteiger partial charge is 0.355 e. The van der Waals surface area contributed by atoms with Gasteiger partial charge in [0.05, 0.1) is 11.3 Å². The molecule has 0 saturated carbocycles. The summed E-state index contributed by atoms with van der Waals surface area (Å²) in [6.45, 7) is 9.58. The Morgan fingerprint density at radius 3 is 2.64 bits per heavy atom. The van der Waals surface area contributed by atoms with Crippen molar-refractivity contribution < 1.29 is 9.59 Å². The van der Waals surface area contributed by atoms with Crippen LogP contribution >= 0.6 is 11.3 Å². The number of hydrogen-bond donors (Lipinski definition) is 1.